The molecule has 0 unspecified atom stereocenters. The molecule has 3 rings (SSSR count). The van der Waals surface area contributed by atoms with Gasteiger partial charge in [-0.25, -0.2) is 0 Å². The average Bonchev–Trinajstić information content (AvgIpc) is 3.24. The molecule has 0 aromatic carbocycles. The predicted octanol–water partition coefficient (Wildman–Crippen LogP) is 4.50. The zero-order valence-electron chi connectivity index (χ0n) is 25.3. The summed E-state index contributed by atoms with van der Waals surface area (Å²) < 4.78 is 5.92. The largest absolute Gasteiger partial charge is 0.461 e. The number of esters is 1. The number of ketones is 1. The molecular weight excluding hydrogens is 512 g/mol. The molecular formula is C31H52N2O5S. The van der Waals surface area contributed by atoms with Crippen LogP contribution in [0.3, 0.4) is 0 Å². The topological polar surface area (TPSA) is 119 Å². The van der Waals surface area contributed by atoms with Crippen LogP contribution in [0.2, 0.25) is 0 Å². The fourth-order valence-electron chi connectivity index (χ4n) is 7.72. The smallest absolute Gasteiger partial charge is 0.316 e. The highest BCUT2D eigenvalue weighted by atomic mass is 32.2. The van der Waals surface area contributed by atoms with Crippen LogP contribution < -0.4 is 11.1 Å². The summed E-state index contributed by atoms with van der Waals surface area (Å²) in [6.45, 7) is 20.7. The van der Waals surface area contributed by atoms with E-state index >= 15 is 0 Å². The van der Waals surface area contributed by atoms with Gasteiger partial charge in [0.25, 0.3) is 0 Å². The molecule has 3 aliphatic carbocycles. The molecule has 8 heteroatoms. The van der Waals surface area contributed by atoms with Crippen molar-refractivity contribution < 1.29 is 24.2 Å². The second-order valence-corrected chi connectivity index (χ2v) is 15.8. The van der Waals surface area contributed by atoms with Gasteiger partial charge in [-0.15, -0.1) is 18.3 Å². The molecule has 0 aromatic heterocycles. The van der Waals surface area contributed by atoms with E-state index in [-0.39, 0.29) is 52.5 Å². The summed E-state index contributed by atoms with van der Waals surface area (Å²) in [5, 5.41) is 14.6. The number of nitrogens with two attached hydrogens (primary N) is 1. The highest BCUT2D eigenvalue weighted by Gasteiger charge is 2.68. The van der Waals surface area contributed by atoms with E-state index in [4.69, 9.17) is 10.5 Å². The van der Waals surface area contributed by atoms with Crippen molar-refractivity contribution in [1.29, 1.82) is 0 Å². The van der Waals surface area contributed by atoms with Crippen molar-refractivity contribution in [2.24, 2.45) is 45.7 Å². The molecule has 0 aliphatic heterocycles. The van der Waals surface area contributed by atoms with Gasteiger partial charge in [-0.2, -0.15) is 0 Å². The molecule has 7 nitrogen and oxygen atoms in total. The van der Waals surface area contributed by atoms with Crippen LogP contribution in [-0.4, -0.2) is 58.1 Å². The third-order valence-corrected chi connectivity index (χ3v) is 12.2. The van der Waals surface area contributed by atoms with Crippen LogP contribution >= 0.6 is 11.8 Å². The van der Waals surface area contributed by atoms with Gasteiger partial charge in [0, 0.05) is 34.5 Å². The van der Waals surface area contributed by atoms with Crippen molar-refractivity contribution in [3.8, 4) is 0 Å². The Balaban J connectivity index is 1.82. The van der Waals surface area contributed by atoms with Crippen molar-refractivity contribution in [3.05, 3.63) is 12.7 Å². The number of aliphatic hydroxyl groups is 1. The molecule has 1 amide bonds. The molecule has 9 atom stereocenters. The minimum atomic E-state index is -0.684. The Morgan fingerprint density at radius 3 is 2.51 bits per heavy atom. The van der Waals surface area contributed by atoms with Gasteiger partial charge >= 0.3 is 5.97 Å². The first-order valence-electron chi connectivity index (χ1n) is 14.7. The van der Waals surface area contributed by atoms with E-state index in [1.54, 1.807) is 0 Å². The van der Waals surface area contributed by atoms with Gasteiger partial charge in [-0.05, 0) is 62.7 Å². The Kier molecular flexibility index (Phi) is 9.46. The molecule has 0 spiro atoms. The second kappa shape index (κ2) is 11.5. The number of Topliss-reactive ketones (excluding diaryl/α,β-unsaturated/α-hetero) is 1. The zero-order chi connectivity index (χ0) is 29.6. The molecule has 222 valence electrons. The minimum Gasteiger partial charge on any atom is -0.461 e. The number of ether oxygens (including phenoxy) is 1. The zero-order valence-corrected chi connectivity index (χ0v) is 26.2. The first kappa shape index (κ1) is 32.1. The van der Waals surface area contributed by atoms with Crippen molar-refractivity contribution in [1.82, 2.24) is 5.32 Å². The Morgan fingerprint density at radius 1 is 1.28 bits per heavy atom. The second-order valence-electron chi connectivity index (χ2n) is 14.1. The SMILES string of the molecule is C=C[C@]1(C)C[C@H](OC(=O)CSC(C)(C)CNC(=O)[C@H](N)C(C)C)[C@@]2(C)[C@H](C)CC[C@@]3(CCC(=O)[C@@H]32)[C@H](C)[C@@H]1O. The van der Waals surface area contributed by atoms with Crippen LogP contribution in [0.15, 0.2) is 12.7 Å². The lowest BCUT2D eigenvalue weighted by Crippen LogP contribution is -2.63. The maximum absolute atomic E-state index is 13.5. The van der Waals surface area contributed by atoms with Crippen LogP contribution in [0.4, 0.5) is 0 Å². The Labute approximate surface area is 239 Å². The van der Waals surface area contributed by atoms with Gasteiger partial charge in [-0.3, -0.25) is 14.4 Å². The monoisotopic (exact) mass is 564 g/mol. The van der Waals surface area contributed by atoms with Crippen molar-refractivity contribution >= 4 is 29.4 Å². The number of carbonyl (C=O) groups is 3. The lowest BCUT2D eigenvalue weighted by molar-refractivity contribution is -0.205. The number of hydrogen-bond acceptors (Lipinski definition) is 7. The van der Waals surface area contributed by atoms with E-state index in [1.807, 2.05) is 40.7 Å². The van der Waals surface area contributed by atoms with Gasteiger partial charge in [0.2, 0.25) is 5.91 Å². The predicted molar refractivity (Wildman–Crippen MR) is 157 cm³/mol. The lowest BCUT2D eigenvalue weighted by Gasteiger charge is -2.61. The first-order valence-corrected chi connectivity index (χ1v) is 15.6. The number of hydrogen-bond donors (Lipinski definition) is 3. The van der Waals surface area contributed by atoms with Gasteiger partial charge in [0.15, 0.2) is 0 Å². The van der Waals surface area contributed by atoms with E-state index in [2.05, 4.69) is 32.7 Å². The molecule has 0 radical (unpaired) electrons. The molecule has 3 saturated carbocycles. The summed E-state index contributed by atoms with van der Waals surface area (Å²) in [5.41, 5.74) is 4.49. The average molecular weight is 565 g/mol. The number of rotatable bonds is 9. The quantitative estimate of drug-likeness (QED) is 0.279. The standard InChI is InChI=1S/C31H52N2O5S/c1-10-29(8)15-22(38-23(35)16-39-28(6,7)17-33-27(37)24(32)18(2)3)30(9)19(4)11-13-31(20(5)26(29)36)14-12-21(34)25(30)31/h10,18-20,22,24-26,36H,1,11-17,32H2,2-9H3,(H,33,37)/t19-,20-,22+,24-,25-,26+,29-,30-,31-/m1/s1. The van der Waals surface area contributed by atoms with Gasteiger partial charge < -0.3 is 20.9 Å². The van der Waals surface area contributed by atoms with Gasteiger partial charge in [0.1, 0.15) is 11.9 Å². The number of aliphatic hydroxyl groups excluding tert-OH is 1. The molecule has 0 saturated heterocycles. The summed E-state index contributed by atoms with van der Waals surface area (Å²) in [7, 11) is 0. The number of amides is 1. The molecule has 0 heterocycles. The van der Waals surface area contributed by atoms with E-state index < -0.39 is 33.8 Å². The Bertz CT molecular complexity index is 969. The molecule has 2 bridgehead atoms. The minimum absolute atomic E-state index is 0.0382. The third kappa shape index (κ3) is 5.85. The van der Waals surface area contributed by atoms with Gasteiger partial charge in [0.05, 0.1) is 17.9 Å². The molecule has 3 fully saturated rings. The first-order chi connectivity index (χ1) is 17.9. The van der Waals surface area contributed by atoms with Crippen molar-refractivity contribution in [2.45, 2.75) is 110 Å². The normalized spacial score (nSPS) is 39.4. The fourth-order valence-corrected chi connectivity index (χ4v) is 8.47. The van der Waals surface area contributed by atoms with Crippen molar-refractivity contribution in [2.75, 3.05) is 12.3 Å². The summed E-state index contributed by atoms with van der Waals surface area (Å²) in [6, 6.07) is -0.573. The molecule has 4 N–H and O–H groups in total. The molecule has 0 aromatic rings. The summed E-state index contributed by atoms with van der Waals surface area (Å²) in [4.78, 5) is 39.2. The van der Waals surface area contributed by atoms with E-state index in [9.17, 15) is 19.5 Å². The number of thioether (sulfide) groups is 1. The highest BCUT2D eigenvalue weighted by molar-refractivity contribution is 8.01. The van der Waals surface area contributed by atoms with Crippen molar-refractivity contribution in [3.63, 3.8) is 0 Å². The van der Waals surface area contributed by atoms with Crippen LogP contribution in [0.25, 0.3) is 0 Å². The molecule has 39 heavy (non-hydrogen) atoms. The van der Waals surface area contributed by atoms with E-state index in [0.717, 1.165) is 19.3 Å². The fraction of sp³-hybridized carbons (Fsp3) is 0.839. The van der Waals surface area contributed by atoms with Crippen LogP contribution in [-0.2, 0) is 19.1 Å². The maximum Gasteiger partial charge on any atom is 0.316 e. The van der Waals surface area contributed by atoms with Crippen LogP contribution in [0, 0.1) is 39.9 Å². The van der Waals surface area contributed by atoms with Gasteiger partial charge in [-0.1, -0.05) is 47.6 Å². The summed E-state index contributed by atoms with van der Waals surface area (Å²) in [5.74, 6) is -0.243. The summed E-state index contributed by atoms with van der Waals surface area (Å²) >= 11 is 1.43. The third-order valence-electron chi connectivity index (χ3n) is 10.9. The number of carbonyl (C=O) groups excluding carboxylic acids is 3. The van der Waals surface area contributed by atoms with E-state index in [1.165, 1.54) is 11.8 Å². The van der Waals surface area contributed by atoms with E-state index in [0.29, 0.717) is 19.4 Å². The molecule has 3 aliphatic rings. The van der Waals surface area contributed by atoms with Crippen LogP contribution in [0.5, 0.6) is 0 Å². The highest BCUT2D eigenvalue weighted by Crippen LogP contribution is 2.68. The Morgan fingerprint density at radius 2 is 1.92 bits per heavy atom. The number of nitrogens with one attached hydrogen (secondary N) is 1. The maximum atomic E-state index is 13.5. The lowest BCUT2D eigenvalue weighted by atomic mass is 9.44. The Hall–Kier alpha value is -1.38. The van der Waals surface area contributed by atoms with Crippen LogP contribution in [0.1, 0.15) is 87.5 Å². The summed E-state index contributed by atoms with van der Waals surface area (Å²) in [6.07, 6.45) is 4.17.